The zero-order valence-electron chi connectivity index (χ0n) is 11.0. The van der Waals surface area contributed by atoms with Crippen molar-refractivity contribution >= 4 is 38.9 Å². The predicted octanol–water partition coefficient (Wildman–Crippen LogP) is 3.05. The van der Waals surface area contributed by atoms with Crippen LogP contribution < -0.4 is 10.6 Å². The largest absolute Gasteiger partial charge is 0.387 e. The Bertz CT molecular complexity index is 688. The van der Waals surface area contributed by atoms with Gasteiger partial charge >= 0.3 is 0 Å². The minimum absolute atomic E-state index is 0.105. The van der Waals surface area contributed by atoms with Gasteiger partial charge in [-0.2, -0.15) is 0 Å². The number of nitro benzene ring substituents is 1. The number of amides is 1. The summed E-state index contributed by atoms with van der Waals surface area (Å²) in [6, 6.07) is 7.41. The highest BCUT2D eigenvalue weighted by molar-refractivity contribution is 9.10. The summed E-state index contributed by atoms with van der Waals surface area (Å²) in [7, 11) is 1.75. The lowest BCUT2D eigenvalue weighted by Gasteiger charge is -2.07. The molecule has 0 aliphatic heterocycles. The average molecular weight is 351 g/mol. The third-order valence-corrected chi connectivity index (χ3v) is 3.39. The highest BCUT2D eigenvalue weighted by atomic mass is 79.9. The first-order valence-corrected chi connectivity index (χ1v) is 6.69. The fourth-order valence-corrected chi connectivity index (χ4v) is 1.93. The quantitative estimate of drug-likeness (QED) is 0.652. The van der Waals surface area contributed by atoms with E-state index < -0.39 is 10.8 Å². The van der Waals surface area contributed by atoms with Gasteiger partial charge < -0.3 is 10.6 Å². The van der Waals surface area contributed by atoms with Crippen molar-refractivity contribution in [2.75, 3.05) is 17.7 Å². The molecule has 0 atom stereocenters. The van der Waals surface area contributed by atoms with Gasteiger partial charge in [-0.15, -0.1) is 0 Å². The maximum absolute atomic E-state index is 12.1. The molecule has 0 unspecified atom stereocenters. The molecule has 0 radical (unpaired) electrons. The van der Waals surface area contributed by atoms with Gasteiger partial charge in [0.25, 0.3) is 11.6 Å². The summed E-state index contributed by atoms with van der Waals surface area (Å²) in [6.07, 6.45) is 1.53. The van der Waals surface area contributed by atoms with Gasteiger partial charge in [0, 0.05) is 23.7 Å². The first-order chi connectivity index (χ1) is 10.0. The first-order valence-electron chi connectivity index (χ1n) is 5.90. The van der Waals surface area contributed by atoms with E-state index in [0.29, 0.717) is 10.2 Å². The predicted molar refractivity (Wildman–Crippen MR) is 82.5 cm³/mol. The van der Waals surface area contributed by atoms with Crippen LogP contribution in [0.25, 0.3) is 0 Å². The maximum atomic E-state index is 12.1. The van der Waals surface area contributed by atoms with E-state index in [0.717, 1.165) is 5.69 Å². The van der Waals surface area contributed by atoms with E-state index in [2.05, 4.69) is 31.5 Å². The number of non-ortho nitro benzene ring substituents is 1. The van der Waals surface area contributed by atoms with E-state index in [4.69, 9.17) is 0 Å². The lowest BCUT2D eigenvalue weighted by molar-refractivity contribution is -0.384. The molecule has 0 saturated heterocycles. The molecule has 8 heteroatoms. The van der Waals surface area contributed by atoms with E-state index in [-0.39, 0.29) is 11.4 Å². The van der Waals surface area contributed by atoms with Crippen LogP contribution in [0.4, 0.5) is 17.1 Å². The molecule has 2 N–H and O–H groups in total. The van der Waals surface area contributed by atoms with Crippen LogP contribution in [0.1, 0.15) is 10.5 Å². The van der Waals surface area contributed by atoms with Crippen LogP contribution in [-0.4, -0.2) is 22.9 Å². The van der Waals surface area contributed by atoms with Crippen LogP contribution in [0.5, 0.6) is 0 Å². The molecule has 1 amide bonds. The molecule has 108 valence electrons. The van der Waals surface area contributed by atoms with Gasteiger partial charge in [-0.3, -0.25) is 14.9 Å². The Morgan fingerprint density at radius 1 is 1.33 bits per heavy atom. The number of anilines is 2. The van der Waals surface area contributed by atoms with Crippen molar-refractivity contribution in [2.45, 2.75) is 0 Å². The zero-order valence-corrected chi connectivity index (χ0v) is 12.5. The average Bonchev–Trinajstić information content (AvgIpc) is 2.49. The second-order valence-corrected chi connectivity index (χ2v) is 4.91. The monoisotopic (exact) mass is 350 g/mol. The lowest BCUT2D eigenvalue weighted by atomic mass is 10.2. The van der Waals surface area contributed by atoms with Gasteiger partial charge in [-0.1, -0.05) is 0 Å². The van der Waals surface area contributed by atoms with Crippen molar-refractivity contribution < 1.29 is 9.72 Å². The van der Waals surface area contributed by atoms with E-state index >= 15 is 0 Å². The van der Waals surface area contributed by atoms with Crippen LogP contribution in [0.15, 0.2) is 41.0 Å². The molecule has 21 heavy (non-hydrogen) atoms. The van der Waals surface area contributed by atoms with Crippen LogP contribution in [-0.2, 0) is 0 Å². The van der Waals surface area contributed by atoms with Gasteiger partial charge in [0.1, 0.15) is 5.69 Å². The molecule has 0 bridgehead atoms. The van der Waals surface area contributed by atoms with Crippen molar-refractivity contribution in [3.63, 3.8) is 0 Å². The second-order valence-electron chi connectivity index (χ2n) is 4.06. The Morgan fingerprint density at radius 2 is 2.10 bits per heavy atom. The van der Waals surface area contributed by atoms with Gasteiger partial charge in [-0.25, -0.2) is 4.98 Å². The van der Waals surface area contributed by atoms with E-state index in [1.807, 2.05) is 0 Å². The number of nitrogens with one attached hydrogen (secondary N) is 2. The van der Waals surface area contributed by atoms with Crippen LogP contribution in [0, 0.1) is 10.1 Å². The number of hydrogen-bond acceptors (Lipinski definition) is 5. The molecule has 7 nitrogen and oxygen atoms in total. The van der Waals surface area contributed by atoms with Crippen molar-refractivity contribution in [3.05, 3.63) is 56.8 Å². The Balaban J connectivity index is 2.22. The lowest BCUT2D eigenvalue weighted by Crippen LogP contribution is -2.14. The Morgan fingerprint density at radius 3 is 2.67 bits per heavy atom. The Hall–Kier alpha value is -2.48. The fourth-order valence-electron chi connectivity index (χ4n) is 1.59. The molecule has 2 aromatic rings. The summed E-state index contributed by atoms with van der Waals surface area (Å²) < 4.78 is 0.549. The zero-order chi connectivity index (χ0) is 15.4. The van der Waals surface area contributed by atoms with Crippen molar-refractivity contribution in [2.24, 2.45) is 0 Å². The number of carbonyl (C=O) groups is 1. The van der Waals surface area contributed by atoms with Gasteiger partial charge in [-0.05, 0) is 34.1 Å². The molecule has 1 aromatic carbocycles. The second kappa shape index (κ2) is 6.31. The normalized spacial score (nSPS) is 10.0. The van der Waals surface area contributed by atoms with E-state index in [9.17, 15) is 14.9 Å². The number of carbonyl (C=O) groups excluding carboxylic acids is 1. The molecular weight excluding hydrogens is 340 g/mol. The van der Waals surface area contributed by atoms with Crippen LogP contribution in [0.2, 0.25) is 0 Å². The van der Waals surface area contributed by atoms with Crippen molar-refractivity contribution in [1.82, 2.24) is 4.98 Å². The van der Waals surface area contributed by atoms with Crippen molar-refractivity contribution in [1.29, 1.82) is 0 Å². The third-order valence-electron chi connectivity index (χ3n) is 2.69. The van der Waals surface area contributed by atoms with Crippen LogP contribution in [0.3, 0.4) is 0 Å². The number of rotatable bonds is 4. The molecule has 0 spiro atoms. The number of aromatic nitrogens is 1. The summed E-state index contributed by atoms with van der Waals surface area (Å²) in [5.74, 6) is -0.446. The number of nitrogens with zero attached hydrogens (tertiary/aromatic N) is 2. The minimum Gasteiger partial charge on any atom is -0.387 e. The standard InChI is InChI=1S/C13H11BrN4O3/c1-15-8-2-5-11(16-7-8)13(19)17-12-6-9(18(20)21)3-4-10(12)14/h2-7,15H,1H3,(H,17,19). The van der Waals surface area contributed by atoms with E-state index in [1.54, 1.807) is 19.2 Å². The fraction of sp³-hybridized carbons (Fsp3) is 0.0769. The number of hydrogen-bond donors (Lipinski definition) is 2. The minimum atomic E-state index is -0.526. The Kier molecular flexibility index (Phi) is 4.49. The highest BCUT2D eigenvalue weighted by Crippen LogP contribution is 2.27. The van der Waals surface area contributed by atoms with Gasteiger partial charge in [0.2, 0.25) is 0 Å². The molecule has 1 aromatic heterocycles. The summed E-state index contributed by atoms with van der Waals surface area (Å²) in [5, 5.41) is 16.2. The third kappa shape index (κ3) is 3.54. The van der Waals surface area contributed by atoms with Gasteiger partial charge in [0.15, 0.2) is 0 Å². The smallest absolute Gasteiger partial charge is 0.274 e. The topological polar surface area (TPSA) is 97.2 Å². The highest BCUT2D eigenvalue weighted by Gasteiger charge is 2.13. The number of halogens is 1. The summed E-state index contributed by atoms with van der Waals surface area (Å²) in [6.45, 7) is 0. The summed E-state index contributed by atoms with van der Waals surface area (Å²) >= 11 is 3.24. The van der Waals surface area contributed by atoms with Crippen LogP contribution >= 0.6 is 15.9 Å². The van der Waals surface area contributed by atoms with Gasteiger partial charge in [0.05, 0.1) is 22.5 Å². The summed E-state index contributed by atoms with van der Waals surface area (Å²) in [4.78, 5) is 26.3. The number of pyridine rings is 1. The molecule has 2 rings (SSSR count). The van der Waals surface area contributed by atoms with E-state index in [1.165, 1.54) is 24.4 Å². The molecule has 1 heterocycles. The SMILES string of the molecule is CNc1ccc(C(=O)Nc2cc([N+](=O)[O-])ccc2Br)nc1. The first kappa shape index (κ1) is 14.9. The maximum Gasteiger partial charge on any atom is 0.274 e. The number of benzene rings is 1. The van der Waals surface area contributed by atoms with Crippen molar-refractivity contribution in [3.8, 4) is 0 Å². The molecule has 0 aliphatic rings. The Labute approximate surface area is 128 Å². The molecular formula is C13H11BrN4O3. The molecule has 0 saturated carbocycles. The molecule has 0 aliphatic carbocycles. The molecule has 0 fully saturated rings. The number of nitro groups is 1. The summed E-state index contributed by atoms with van der Waals surface area (Å²) in [5.41, 5.74) is 1.20.